The van der Waals surface area contributed by atoms with E-state index < -0.39 is 39.7 Å². The quantitative estimate of drug-likeness (QED) is 0.287. The summed E-state index contributed by atoms with van der Waals surface area (Å²) >= 11 is 5.89. The van der Waals surface area contributed by atoms with E-state index in [2.05, 4.69) is 5.32 Å². The third kappa shape index (κ3) is 5.04. The van der Waals surface area contributed by atoms with Gasteiger partial charge in [0, 0.05) is 34.3 Å². The van der Waals surface area contributed by atoms with Crippen molar-refractivity contribution in [3.8, 4) is 0 Å². The van der Waals surface area contributed by atoms with Crippen molar-refractivity contribution in [1.82, 2.24) is 5.32 Å². The zero-order chi connectivity index (χ0) is 23.5. The average Bonchev–Trinajstić information content (AvgIpc) is 2.71. The van der Waals surface area contributed by atoms with E-state index in [1.807, 2.05) is 0 Å². The molecule has 1 unspecified atom stereocenters. The first-order valence-corrected chi connectivity index (χ1v) is 9.91. The minimum Gasteiger partial charge on any atom is -0.466 e. The Kier molecular flexibility index (Phi) is 7.43. The highest BCUT2D eigenvalue weighted by atomic mass is 35.5. The van der Waals surface area contributed by atoms with Crippen molar-refractivity contribution in [2.24, 2.45) is 5.41 Å². The highest BCUT2D eigenvalue weighted by Crippen LogP contribution is 2.41. The van der Waals surface area contributed by atoms with Crippen molar-refractivity contribution < 1.29 is 28.4 Å². The lowest BCUT2D eigenvalue weighted by Gasteiger charge is -2.31. The maximum atomic E-state index is 15.1. The summed E-state index contributed by atoms with van der Waals surface area (Å²) in [6.07, 6.45) is 0. The summed E-state index contributed by atoms with van der Waals surface area (Å²) in [5.74, 6) is -3.79. The van der Waals surface area contributed by atoms with Gasteiger partial charge in [-0.2, -0.15) is 4.39 Å². The molecule has 10 heteroatoms. The van der Waals surface area contributed by atoms with Crippen LogP contribution < -0.4 is 5.32 Å². The van der Waals surface area contributed by atoms with E-state index in [-0.39, 0.29) is 29.2 Å². The topological polar surface area (TPSA) is 108 Å². The number of allylic oxidation sites excluding steroid dienone is 2. The van der Waals surface area contributed by atoms with Crippen LogP contribution in [0.25, 0.3) is 0 Å². The summed E-state index contributed by atoms with van der Waals surface area (Å²) in [5.41, 5.74) is -0.930. The van der Waals surface area contributed by atoms with E-state index in [1.165, 1.54) is 12.1 Å². The molecule has 0 amide bonds. The first-order valence-electron chi connectivity index (χ1n) is 9.38. The van der Waals surface area contributed by atoms with E-state index >= 15 is 4.39 Å². The molecule has 31 heavy (non-hydrogen) atoms. The van der Waals surface area contributed by atoms with Gasteiger partial charge in [-0.1, -0.05) is 26.0 Å². The number of halogens is 2. The number of esters is 2. The first kappa shape index (κ1) is 24.3. The number of nitro benzene ring substituents is 1. The Bertz CT molecular complexity index is 986. The normalized spacial score (nSPS) is 16.7. The lowest BCUT2D eigenvalue weighted by Crippen LogP contribution is -2.34. The third-order valence-electron chi connectivity index (χ3n) is 4.86. The molecule has 168 valence electrons. The van der Waals surface area contributed by atoms with Gasteiger partial charge in [0.25, 0.3) is 0 Å². The van der Waals surface area contributed by atoms with Crippen molar-refractivity contribution in [1.29, 1.82) is 0 Å². The maximum Gasteiger partial charge on any atom is 0.336 e. The summed E-state index contributed by atoms with van der Waals surface area (Å²) in [6.45, 7) is 6.72. The van der Waals surface area contributed by atoms with E-state index in [0.29, 0.717) is 11.4 Å². The summed E-state index contributed by atoms with van der Waals surface area (Å²) in [6, 6.07) is 3.58. The van der Waals surface area contributed by atoms with Crippen LogP contribution in [0, 0.1) is 21.3 Å². The molecule has 1 aliphatic heterocycles. The number of alkyl halides is 1. The predicted octanol–water partition coefficient (Wildman–Crippen LogP) is 3.95. The van der Waals surface area contributed by atoms with Crippen LogP contribution in [0.15, 0.2) is 40.7 Å². The summed E-state index contributed by atoms with van der Waals surface area (Å²) in [4.78, 5) is 36.0. The fraction of sp³-hybridized carbons (Fsp3) is 0.429. The molecule has 1 N–H and O–H groups in total. The lowest BCUT2D eigenvalue weighted by molar-refractivity contribution is -0.387. The van der Waals surface area contributed by atoms with Crippen molar-refractivity contribution >= 4 is 29.2 Å². The van der Waals surface area contributed by atoms with E-state index in [4.69, 9.17) is 21.1 Å². The standard InChI is InChI=1S/C21H24ClFN2O6/c1-11-15(19(26)30-5)17(13-7-6-8-14(18(13)23)25(28)29)16(12(2)24-11)20(27)31-10-21(3,4)9-22/h6-8,17,24H,9-10H2,1-5H3. The Balaban J connectivity index is 2.67. The number of hydrogen-bond acceptors (Lipinski definition) is 7. The SMILES string of the molecule is COC(=O)C1=C(C)NC(C)=C(C(=O)OCC(C)(C)CCl)C1c1cccc([N+](=O)[O-])c1F. The van der Waals surface area contributed by atoms with Crippen LogP contribution in [0.2, 0.25) is 0 Å². The Morgan fingerprint density at radius 2 is 1.81 bits per heavy atom. The van der Waals surface area contributed by atoms with Crippen LogP contribution >= 0.6 is 11.6 Å². The van der Waals surface area contributed by atoms with E-state index in [0.717, 1.165) is 13.2 Å². The van der Waals surface area contributed by atoms with E-state index in [9.17, 15) is 19.7 Å². The van der Waals surface area contributed by atoms with Gasteiger partial charge in [0.1, 0.15) is 0 Å². The molecule has 0 aliphatic carbocycles. The molecule has 0 aromatic heterocycles. The second-order valence-electron chi connectivity index (χ2n) is 7.94. The molecule has 1 heterocycles. The molecule has 0 spiro atoms. The Morgan fingerprint density at radius 3 is 2.32 bits per heavy atom. The molecule has 1 aliphatic rings. The van der Waals surface area contributed by atoms with Crippen LogP contribution in [0.1, 0.15) is 39.2 Å². The van der Waals surface area contributed by atoms with E-state index in [1.54, 1.807) is 27.7 Å². The molecule has 1 aromatic rings. The van der Waals surface area contributed by atoms with Crippen LogP contribution in [0.4, 0.5) is 10.1 Å². The summed E-state index contributed by atoms with van der Waals surface area (Å²) < 4.78 is 25.4. The predicted molar refractivity (Wildman–Crippen MR) is 112 cm³/mol. The van der Waals surface area contributed by atoms with Crippen molar-refractivity contribution in [2.75, 3.05) is 19.6 Å². The monoisotopic (exact) mass is 454 g/mol. The molecular formula is C21H24ClFN2O6. The van der Waals surface area contributed by atoms with Crippen LogP contribution in [-0.4, -0.2) is 36.5 Å². The summed E-state index contributed by atoms with van der Waals surface area (Å²) in [5, 5.41) is 14.2. The van der Waals surface area contributed by atoms with Gasteiger partial charge in [-0.15, -0.1) is 11.6 Å². The van der Waals surface area contributed by atoms with Gasteiger partial charge in [-0.3, -0.25) is 10.1 Å². The van der Waals surface area contributed by atoms with Gasteiger partial charge >= 0.3 is 17.6 Å². The molecule has 1 aromatic carbocycles. The van der Waals surface area contributed by atoms with Crippen molar-refractivity contribution in [3.63, 3.8) is 0 Å². The highest BCUT2D eigenvalue weighted by Gasteiger charge is 2.40. The maximum absolute atomic E-state index is 15.1. The first-order chi connectivity index (χ1) is 14.4. The number of hydrogen-bond donors (Lipinski definition) is 1. The smallest absolute Gasteiger partial charge is 0.336 e. The molecule has 0 fully saturated rings. The second-order valence-corrected chi connectivity index (χ2v) is 8.21. The van der Waals surface area contributed by atoms with Crippen LogP contribution in [0.5, 0.6) is 0 Å². The molecule has 2 rings (SSSR count). The zero-order valence-corrected chi connectivity index (χ0v) is 18.6. The lowest BCUT2D eigenvalue weighted by atomic mass is 9.80. The Hall–Kier alpha value is -2.94. The number of benzene rings is 1. The van der Waals surface area contributed by atoms with Gasteiger partial charge in [-0.05, 0) is 13.8 Å². The molecule has 0 saturated heterocycles. The Labute approximate surface area is 184 Å². The molecular weight excluding hydrogens is 431 g/mol. The van der Waals surface area contributed by atoms with Gasteiger partial charge < -0.3 is 14.8 Å². The number of nitrogens with zero attached hydrogens (tertiary/aromatic N) is 1. The molecule has 1 atom stereocenters. The van der Waals surface area contributed by atoms with Crippen LogP contribution in [0.3, 0.4) is 0 Å². The number of carbonyl (C=O) groups is 2. The number of rotatable bonds is 7. The minimum atomic E-state index is -1.26. The second kappa shape index (κ2) is 9.47. The summed E-state index contributed by atoms with van der Waals surface area (Å²) in [7, 11) is 1.15. The average molecular weight is 455 g/mol. The molecule has 0 saturated carbocycles. The number of ether oxygens (including phenoxy) is 2. The van der Waals surface area contributed by atoms with Crippen molar-refractivity contribution in [3.05, 3.63) is 62.2 Å². The number of dihydropyridines is 1. The highest BCUT2D eigenvalue weighted by molar-refractivity contribution is 6.18. The van der Waals surface area contributed by atoms with Gasteiger partial charge in [0.05, 0.1) is 35.7 Å². The number of carbonyl (C=O) groups excluding carboxylic acids is 2. The van der Waals surface area contributed by atoms with Crippen LogP contribution in [-0.2, 0) is 19.1 Å². The molecule has 8 nitrogen and oxygen atoms in total. The third-order valence-corrected chi connectivity index (χ3v) is 5.58. The largest absolute Gasteiger partial charge is 0.466 e. The van der Waals surface area contributed by atoms with Crippen molar-refractivity contribution in [2.45, 2.75) is 33.6 Å². The number of methoxy groups -OCH3 is 1. The zero-order valence-electron chi connectivity index (χ0n) is 17.9. The minimum absolute atomic E-state index is 0.0213. The number of nitrogens with one attached hydrogen (secondary N) is 1. The Morgan fingerprint density at radius 1 is 1.23 bits per heavy atom. The van der Waals surface area contributed by atoms with Gasteiger partial charge in [0.15, 0.2) is 0 Å². The fourth-order valence-corrected chi connectivity index (χ4v) is 3.31. The molecule has 0 radical (unpaired) electrons. The van der Waals surface area contributed by atoms with Gasteiger partial charge in [-0.25, -0.2) is 9.59 Å². The molecule has 0 bridgehead atoms. The fourth-order valence-electron chi connectivity index (χ4n) is 3.23. The number of nitro groups is 1. The van der Waals surface area contributed by atoms with Gasteiger partial charge in [0.2, 0.25) is 5.82 Å².